The lowest BCUT2D eigenvalue weighted by atomic mass is 9.75. The monoisotopic (exact) mass is 329 g/mol. The number of aromatic nitrogens is 2. The van der Waals surface area contributed by atoms with Gasteiger partial charge in [0.05, 0.1) is 0 Å². The van der Waals surface area contributed by atoms with E-state index in [0.29, 0.717) is 18.9 Å². The first-order chi connectivity index (χ1) is 11.6. The number of nitrogens with zero attached hydrogens (tertiary/aromatic N) is 4. The van der Waals surface area contributed by atoms with Gasteiger partial charge in [0, 0.05) is 38.1 Å². The molecule has 8 heteroatoms. The van der Waals surface area contributed by atoms with Crippen LogP contribution in [0, 0.1) is 5.82 Å². The number of anilines is 2. The minimum Gasteiger partial charge on any atom is -0.383 e. The Morgan fingerprint density at radius 2 is 1.92 bits per heavy atom. The number of amides is 1. The van der Waals surface area contributed by atoms with Crippen molar-refractivity contribution in [1.29, 1.82) is 0 Å². The third-order valence-corrected chi connectivity index (χ3v) is 4.37. The average Bonchev–Trinajstić information content (AvgIpc) is 2.95. The molecule has 0 aliphatic carbocycles. The molecule has 1 aromatic carbocycles. The third-order valence-electron chi connectivity index (χ3n) is 4.37. The molecule has 1 aromatic heterocycles. The highest BCUT2D eigenvalue weighted by atomic mass is 19.1. The summed E-state index contributed by atoms with van der Waals surface area (Å²) in [6.45, 7) is 4.98. The van der Waals surface area contributed by atoms with Crippen molar-refractivity contribution in [2.45, 2.75) is 13.4 Å². The van der Waals surface area contributed by atoms with Gasteiger partial charge in [-0.15, -0.1) is 0 Å². The van der Waals surface area contributed by atoms with Crippen LogP contribution in [0.5, 0.6) is 0 Å². The number of nitrogens with two attached hydrogens (primary N) is 1. The summed E-state index contributed by atoms with van der Waals surface area (Å²) in [4.78, 5) is 16.4. The fourth-order valence-electron chi connectivity index (χ4n) is 2.94. The van der Waals surface area contributed by atoms with E-state index >= 15 is 0 Å². The summed E-state index contributed by atoms with van der Waals surface area (Å²) in [5.74, 6) is 0.294. The molecule has 2 N–H and O–H groups in total. The van der Waals surface area contributed by atoms with Crippen molar-refractivity contribution in [1.82, 2.24) is 14.7 Å². The Labute approximate surface area is 141 Å². The van der Waals surface area contributed by atoms with E-state index in [4.69, 9.17) is 5.73 Å². The minimum atomic E-state index is -0.238. The van der Waals surface area contributed by atoms with Gasteiger partial charge in [-0.25, -0.2) is 4.39 Å². The van der Waals surface area contributed by atoms with E-state index in [1.54, 1.807) is 16.8 Å². The van der Waals surface area contributed by atoms with Gasteiger partial charge in [-0.05, 0) is 29.7 Å². The van der Waals surface area contributed by atoms with Crippen LogP contribution in [0.1, 0.15) is 0 Å². The molecule has 2 aromatic rings. The van der Waals surface area contributed by atoms with E-state index in [2.05, 4.69) is 10.00 Å². The second-order valence-electron chi connectivity index (χ2n) is 5.93. The van der Waals surface area contributed by atoms with Gasteiger partial charge in [0.25, 0.3) is 0 Å². The molecule has 3 rings (SSSR count). The quantitative estimate of drug-likeness (QED) is 0.806. The molecule has 0 radical (unpaired) electrons. The van der Waals surface area contributed by atoms with Crippen LogP contribution in [0.15, 0.2) is 30.5 Å². The molecule has 1 saturated heterocycles. The highest BCUT2D eigenvalue weighted by molar-refractivity contribution is 6.53. The summed E-state index contributed by atoms with van der Waals surface area (Å²) in [5, 5.41) is 4.19. The van der Waals surface area contributed by atoms with Gasteiger partial charge in [-0.3, -0.25) is 9.48 Å². The van der Waals surface area contributed by atoms with Crippen LogP contribution in [0.3, 0.4) is 0 Å². The fourth-order valence-corrected chi connectivity index (χ4v) is 2.94. The molecular weight excluding hydrogens is 308 g/mol. The smallest absolute Gasteiger partial charge is 0.244 e. The van der Waals surface area contributed by atoms with Crippen molar-refractivity contribution in [3.05, 3.63) is 36.3 Å². The molecule has 6 nitrogen and oxygen atoms in total. The molecule has 0 spiro atoms. The summed E-state index contributed by atoms with van der Waals surface area (Å²) in [6, 6.07) is 6.46. The first kappa shape index (κ1) is 16.4. The van der Waals surface area contributed by atoms with Crippen molar-refractivity contribution in [2.75, 3.05) is 36.8 Å². The van der Waals surface area contributed by atoms with E-state index < -0.39 is 0 Å². The molecule has 1 amide bonds. The van der Waals surface area contributed by atoms with Crippen LogP contribution in [0.4, 0.5) is 15.9 Å². The van der Waals surface area contributed by atoms with Crippen molar-refractivity contribution in [3.8, 4) is 0 Å². The number of hydrogen-bond acceptors (Lipinski definition) is 4. The Bertz CT molecular complexity index is 710. The maximum Gasteiger partial charge on any atom is 0.244 e. The number of carbonyl (C=O) groups is 1. The van der Waals surface area contributed by atoms with Crippen molar-refractivity contribution < 1.29 is 9.18 Å². The summed E-state index contributed by atoms with van der Waals surface area (Å²) in [5.41, 5.74) is 7.75. The van der Waals surface area contributed by atoms with Crippen LogP contribution in [-0.2, 0) is 11.3 Å². The highest BCUT2D eigenvalue weighted by Crippen LogP contribution is 2.17. The predicted octanol–water partition coefficient (Wildman–Crippen LogP) is 0.0631. The van der Waals surface area contributed by atoms with Crippen molar-refractivity contribution in [3.63, 3.8) is 0 Å². The number of hydrogen-bond donors (Lipinski definition) is 1. The number of benzene rings is 1. The lowest BCUT2D eigenvalue weighted by molar-refractivity contribution is -0.132. The lowest BCUT2D eigenvalue weighted by Gasteiger charge is -2.36. The second kappa shape index (κ2) is 6.94. The van der Waals surface area contributed by atoms with Gasteiger partial charge in [0.2, 0.25) is 5.91 Å². The van der Waals surface area contributed by atoms with E-state index in [9.17, 15) is 9.18 Å². The van der Waals surface area contributed by atoms with Crippen LogP contribution in [0.2, 0.25) is 6.82 Å². The number of carbonyl (C=O) groups excluding carboxylic acids is 1. The predicted molar refractivity (Wildman–Crippen MR) is 94.5 cm³/mol. The van der Waals surface area contributed by atoms with Crippen LogP contribution < -0.4 is 16.1 Å². The Morgan fingerprint density at radius 3 is 2.50 bits per heavy atom. The maximum absolute atomic E-state index is 13.0. The van der Waals surface area contributed by atoms with Crippen LogP contribution in [-0.4, -0.2) is 54.0 Å². The number of rotatable bonds is 4. The molecule has 126 valence electrons. The standard InChI is InChI=1S/C16H21BFN5O/c1-17-14-10-23(20-16(14)19)11-15(24)22-8-6-21(7-9-22)13-4-2-12(18)3-5-13/h2-5,10,17H,6-9,11H2,1H3,(H2,19,20). The molecule has 0 atom stereocenters. The van der Waals surface area contributed by atoms with Crippen LogP contribution >= 0.6 is 0 Å². The largest absolute Gasteiger partial charge is 0.383 e. The highest BCUT2D eigenvalue weighted by Gasteiger charge is 2.22. The number of halogens is 1. The van der Waals surface area contributed by atoms with E-state index in [1.165, 1.54) is 12.1 Å². The summed E-state index contributed by atoms with van der Waals surface area (Å²) in [7, 11) is 0.802. The van der Waals surface area contributed by atoms with E-state index in [0.717, 1.165) is 31.5 Å². The lowest BCUT2D eigenvalue weighted by Crippen LogP contribution is -2.49. The molecule has 0 unspecified atom stereocenters. The van der Waals surface area contributed by atoms with Gasteiger partial charge >= 0.3 is 0 Å². The summed E-state index contributed by atoms with van der Waals surface area (Å²) < 4.78 is 14.6. The topological polar surface area (TPSA) is 67.4 Å². The molecular formula is C16H21BFN5O. The SMILES string of the molecule is CBc1cn(CC(=O)N2CCN(c3ccc(F)cc3)CC2)nc1N. The Hall–Kier alpha value is -2.51. The van der Waals surface area contributed by atoms with Crippen LogP contribution in [0.25, 0.3) is 0 Å². The van der Waals surface area contributed by atoms with Gasteiger partial charge in [-0.1, -0.05) is 6.82 Å². The van der Waals surface area contributed by atoms with Crippen molar-refractivity contribution in [2.24, 2.45) is 0 Å². The van der Waals surface area contributed by atoms with Gasteiger partial charge in [-0.2, -0.15) is 5.10 Å². The molecule has 1 aliphatic heterocycles. The van der Waals surface area contributed by atoms with Crippen molar-refractivity contribution >= 4 is 30.2 Å². The number of piperazine rings is 1. The normalized spacial score (nSPS) is 14.8. The Balaban J connectivity index is 1.55. The molecule has 2 heterocycles. The Morgan fingerprint density at radius 1 is 1.25 bits per heavy atom. The summed E-state index contributed by atoms with van der Waals surface area (Å²) in [6.07, 6.45) is 1.84. The van der Waals surface area contributed by atoms with E-state index in [1.807, 2.05) is 17.9 Å². The first-order valence-corrected chi connectivity index (χ1v) is 8.17. The Kier molecular flexibility index (Phi) is 4.73. The zero-order valence-corrected chi connectivity index (χ0v) is 13.8. The molecule has 24 heavy (non-hydrogen) atoms. The maximum atomic E-state index is 13.0. The zero-order chi connectivity index (χ0) is 17.1. The molecule has 1 aliphatic rings. The zero-order valence-electron chi connectivity index (χ0n) is 13.8. The van der Waals surface area contributed by atoms with Gasteiger partial charge in [0.15, 0.2) is 7.28 Å². The van der Waals surface area contributed by atoms with Gasteiger partial charge in [0.1, 0.15) is 18.2 Å². The van der Waals surface area contributed by atoms with Gasteiger partial charge < -0.3 is 15.5 Å². The second-order valence-corrected chi connectivity index (χ2v) is 5.93. The minimum absolute atomic E-state index is 0.0407. The molecule has 0 saturated carbocycles. The molecule has 1 fully saturated rings. The third kappa shape index (κ3) is 3.52. The first-order valence-electron chi connectivity index (χ1n) is 8.17. The summed E-state index contributed by atoms with van der Waals surface area (Å²) >= 11 is 0. The molecule has 0 bridgehead atoms. The fraction of sp³-hybridized carbons (Fsp3) is 0.375. The average molecular weight is 329 g/mol. The van der Waals surface area contributed by atoms with E-state index in [-0.39, 0.29) is 18.3 Å². The number of nitrogen functional groups attached to an aromatic ring is 1.